The molecule has 2 atom stereocenters. The summed E-state index contributed by atoms with van der Waals surface area (Å²) < 4.78 is 15.2. The first-order chi connectivity index (χ1) is 9.49. The molecule has 1 aliphatic rings. The normalized spacial score (nSPS) is 21.4. The van der Waals surface area contributed by atoms with Gasteiger partial charge in [-0.25, -0.2) is 0 Å². The molecular weight excluding hydrogens is 262 g/mol. The Hall–Kier alpha value is -2.08. The molecule has 0 radical (unpaired) electrons. The van der Waals surface area contributed by atoms with Gasteiger partial charge in [-0.15, -0.1) is 0 Å². The quantitative estimate of drug-likeness (QED) is 0.655. The number of carbonyl (C=O) groups is 2. The highest BCUT2D eigenvalue weighted by Gasteiger charge is 2.30. The average Bonchev–Trinajstić information content (AvgIpc) is 2.69. The lowest BCUT2D eigenvalue weighted by atomic mass is 10.1. The number of esters is 2. The van der Waals surface area contributed by atoms with E-state index < -0.39 is 5.97 Å². The molecule has 0 bridgehead atoms. The Labute approximate surface area is 117 Å². The molecule has 1 aliphatic heterocycles. The van der Waals surface area contributed by atoms with Crippen molar-refractivity contribution < 1.29 is 23.8 Å². The standard InChI is InChI=1S/C14H17NO5/c1-8-15-11(14(17)19-8)6-10-4-5-12(20-9(2)16)13(7-10)18-3/h4-5,7-8,11,15H,6H2,1-3H3. The van der Waals surface area contributed by atoms with Crippen LogP contribution in [0.3, 0.4) is 0 Å². The molecule has 6 heteroatoms. The lowest BCUT2D eigenvalue weighted by Gasteiger charge is -2.11. The van der Waals surface area contributed by atoms with Crippen molar-refractivity contribution in [3.8, 4) is 11.5 Å². The maximum Gasteiger partial charge on any atom is 0.325 e. The molecule has 0 amide bonds. The number of methoxy groups -OCH3 is 1. The molecule has 0 aliphatic carbocycles. The van der Waals surface area contributed by atoms with Crippen LogP contribution < -0.4 is 14.8 Å². The lowest BCUT2D eigenvalue weighted by molar-refractivity contribution is -0.141. The predicted octanol–water partition coefficient (Wildman–Crippen LogP) is 1.02. The van der Waals surface area contributed by atoms with Gasteiger partial charge in [-0.1, -0.05) is 6.07 Å². The van der Waals surface area contributed by atoms with E-state index in [9.17, 15) is 9.59 Å². The van der Waals surface area contributed by atoms with Gasteiger partial charge in [0.1, 0.15) is 6.04 Å². The van der Waals surface area contributed by atoms with Crippen molar-refractivity contribution in [2.75, 3.05) is 7.11 Å². The molecule has 0 spiro atoms. The van der Waals surface area contributed by atoms with E-state index in [0.29, 0.717) is 17.9 Å². The zero-order valence-electron chi connectivity index (χ0n) is 11.6. The average molecular weight is 279 g/mol. The highest BCUT2D eigenvalue weighted by Crippen LogP contribution is 2.29. The fraction of sp³-hybridized carbons (Fsp3) is 0.429. The van der Waals surface area contributed by atoms with Crippen molar-refractivity contribution in [3.05, 3.63) is 23.8 Å². The van der Waals surface area contributed by atoms with Crippen LogP contribution in [0.2, 0.25) is 0 Å². The number of carbonyl (C=O) groups excluding carboxylic acids is 2. The molecule has 108 valence electrons. The number of ether oxygens (including phenoxy) is 3. The van der Waals surface area contributed by atoms with Crippen LogP contribution in [0.15, 0.2) is 18.2 Å². The Kier molecular flexibility index (Phi) is 4.24. The van der Waals surface area contributed by atoms with Gasteiger partial charge in [0.25, 0.3) is 0 Å². The van der Waals surface area contributed by atoms with E-state index in [0.717, 1.165) is 5.56 Å². The summed E-state index contributed by atoms with van der Waals surface area (Å²) >= 11 is 0. The van der Waals surface area contributed by atoms with Crippen LogP contribution >= 0.6 is 0 Å². The van der Waals surface area contributed by atoms with Gasteiger partial charge in [-0.2, -0.15) is 0 Å². The lowest BCUT2D eigenvalue weighted by Crippen LogP contribution is -2.32. The summed E-state index contributed by atoms with van der Waals surface area (Å²) in [4.78, 5) is 22.5. The number of rotatable bonds is 4. The van der Waals surface area contributed by atoms with E-state index >= 15 is 0 Å². The monoisotopic (exact) mass is 279 g/mol. The molecule has 1 N–H and O–H groups in total. The third-order valence-corrected chi connectivity index (χ3v) is 2.93. The summed E-state index contributed by atoms with van der Waals surface area (Å²) in [7, 11) is 1.50. The second-order valence-electron chi connectivity index (χ2n) is 4.58. The zero-order chi connectivity index (χ0) is 14.7. The summed E-state index contributed by atoms with van der Waals surface area (Å²) in [5.74, 6) is 0.141. The van der Waals surface area contributed by atoms with E-state index in [4.69, 9.17) is 14.2 Å². The van der Waals surface area contributed by atoms with Gasteiger partial charge in [-0.05, 0) is 31.0 Å². The van der Waals surface area contributed by atoms with E-state index in [1.54, 1.807) is 25.1 Å². The molecule has 0 saturated carbocycles. The van der Waals surface area contributed by atoms with E-state index in [1.807, 2.05) is 0 Å². The zero-order valence-corrected chi connectivity index (χ0v) is 11.6. The van der Waals surface area contributed by atoms with Crippen LogP contribution in [0.5, 0.6) is 11.5 Å². The second-order valence-corrected chi connectivity index (χ2v) is 4.58. The molecule has 1 aromatic rings. The third-order valence-electron chi connectivity index (χ3n) is 2.93. The van der Waals surface area contributed by atoms with Crippen LogP contribution in [-0.2, 0) is 20.7 Å². The van der Waals surface area contributed by atoms with Gasteiger partial charge in [-0.3, -0.25) is 14.9 Å². The summed E-state index contributed by atoms with van der Waals surface area (Å²) in [6, 6.07) is 4.82. The maximum absolute atomic E-state index is 11.6. The van der Waals surface area contributed by atoms with Crippen LogP contribution in [0, 0.1) is 0 Å². The number of benzene rings is 1. The first-order valence-corrected chi connectivity index (χ1v) is 6.31. The molecule has 1 saturated heterocycles. The van der Waals surface area contributed by atoms with Gasteiger partial charge in [0.2, 0.25) is 0 Å². The van der Waals surface area contributed by atoms with Gasteiger partial charge >= 0.3 is 11.9 Å². The molecule has 2 unspecified atom stereocenters. The Morgan fingerprint density at radius 3 is 2.70 bits per heavy atom. The molecule has 0 aromatic heterocycles. The van der Waals surface area contributed by atoms with Gasteiger partial charge in [0.05, 0.1) is 7.11 Å². The predicted molar refractivity (Wildman–Crippen MR) is 70.5 cm³/mol. The first kappa shape index (κ1) is 14.3. The van der Waals surface area contributed by atoms with E-state index in [2.05, 4.69) is 5.32 Å². The second kappa shape index (κ2) is 5.92. The van der Waals surface area contributed by atoms with Crippen LogP contribution in [0.25, 0.3) is 0 Å². The van der Waals surface area contributed by atoms with Crippen molar-refractivity contribution in [2.45, 2.75) is 32.5 Å². The minimum Gasteiger partial charge on any atom is -0.493 e. The maximum atomic E-state index is 11.6. The number of hydrogen-bond donors (Lipinski definition) is 1. The molecule has 6 nitrogen and oxygen atoms in total. The largest absolute Gasteiger partial charge is 0.493 e. The van der Waals surface area contributed by atoms with E-state index in [1.165, 1.54) is 14.0 Å². The first-order valence-electron chi connectivity index (χ1n) is 6.31. The molecule has 2 rings (SSSR count). The Morgan fingerprint density at radius 1 is 1.40 bits per heavy atom. The number of nitrogens with one attached hydrogen (secondary N) is 1. The van der Waals surface area contributed by atoms with Crippen LogP contribution in [-0.4, -0.2) is 31.3 Å². The van der Waals surface area contributed by atoms with Crippen molar-refractivity contribution in [3.63, 3.8) is 0 Å². The summed E-state index contributed by atoms with van der Waals surface area (Å²) in [6.07, 6.45) is 0.217. The Morgan fingerprint density at radius 2 is 2.15 bits per heavy atom. The smallest absolute Gasteiger partial charge is 0.325 e. The fourth-order valence-corrected chi connectivity index (χ4v) is 2.10. The molecule has 20 heavy (non-hydrogen) atoms. The molecular formula is C14H17NO5. The molecule has 1 fully saturated rings. The minimum atomic E-state index is -0.411. The third kappa shape index (κ3) is 3.27. The number of cyclic esters (lactones) is 1. The SMILES string of the molecule is COc1cc(CC2NC(C)OC2=O)ccc1OC(C)=O. The summed E-state index contributed by atoms with van der Waals surface area (Å²) in [5.41, 5.74) is 0.890. The van der Waals surface area contributed by atoms with Crippen LogP contribution in [0.1, 0.15) is 19.4 Å². The van der Waals surface area contributed by atoms with Crippen molar-refractivity contribution in [1.29, 1.82) is 0 Å². The Balaban J connectivity index is 2.13. The minimum absolute atomic E-state index is 0.263. The van der Waals surface area contributed by atoms with Crippen LogP contribution in [0.4, 0.5) is 0 Å². The highest BCUT2D eigenvalue weighted by atomic mass is 16.6. The Bertz CT molecular complexity index is 528. The van der Waals surface area contributed by atoms with Crippen molar-refractivity contribution >= 4 is 11.9 Å². The summed E-state index contributed by atoms with van der Waals surface area (Å²) in [5, 5.41) is 3.04. The fourth-order valence-electron chi connectivity index (χ4n) is 2.10. The van der Waals surface area contributed by atoms with Crippen molar-refractivity contribution in [1.82, 2.24) is 5.32 Å². The summed E-state index contributed by atoms with van der Waals surface area (Å²) in [6.45, 7) is 3.11. The topological polar surface area (TPSA) is 73.9 Å². The molecule has 1 heterocycles. The van der Waals surface area contributed by atoms with E-state index in [-0.39, 0.29) is 18.2 Å². The van der Waals surface area contributed by atoms with Gasteiger partial charge in [0.15, 0.2) is 17.7 Å². The number of hydrogen-bond acceptors (Lipinski definition) is 6. The van der Waals surface area contributed by atoms with Gasteiger partial charge in [0, 0.05) is 6.92 Å². The molecule has 1 aromatic carbocycles. The van der Waals surface area contributed by atoms with Crippen molar-refractivity contribution in [2.24, 2.45) is 0 Å². The highest BCUT2D eigenvalue weighted by molar-refractivity contribution is 5.78. The van der Waals surface area contributed by atoms with Gasteiger partial charge < -0.3 is 14.2 Å².